The molecule has 8 nitrogen and oxygen atoms in total. The first-order valence-electron chi connectivity index (χ1n) is 34.0. The van der Waals surface area contributed by atoms with Crippen LogP contribution in [-0.4, -0.2) is 51.8 Å². The average Bonchev–Trinajstić information content (AvgIpc) is 3.45. The van der Waals surface area contributed by atoms with Gasteiger partial charge in [-0.25, -0.2) is 8.78 Å². The number of fused-ring (bicyclic) bond motifs is 10. The molecule has 0 radical (unpaired) electrons. The van der Waals surface area contributed by atoms with E-state index in [1.807, 2.05) is 12.1 Å². The zero-order chi connectivity index (χ0) is 58.2. The van der Waals surface area contributed by atoms with Gasteiger partial charge >= 0.3 is 14.2 Å². The average molecular weight is 1170 g/mol. The maximum Gasteiger partial charge on any atom is 0.490 e. The third-order valence-electron chi connectivity index (χ3n) is 19.4. The molecule has 0 atom stereocenters. The van der Waals surface area contributed by atoms with E-state index in [-0.39, 0.29) is 22.1 Å². The van der Waals surface area contributed by atoms with Gasteiger partial charge in [0.25, 0.3) is 0 Å². The maximum atomic E-state index is 19.9. The highest BCUT2D eigenvalue weighted by molar-refractivity contribution is 7.00. The van der Waals surface area contributed by atoms with Crippen molar-refractivity contribution in [3.05, 3.63) is 46.0 Å². The van der Waals surface area contributed by atoms with Crippen molar-refractivity contribution in [2.75, 3.05) is 0 Å². The summed E-state index contributed by atoms with van der Waals surface area (Å²) in [5.41, 5.74) is 3.77. The molecule has 3 aromatic carbocycles. The van der Waals surface area contributed by atoms with Crippen LogP contribution in [-0.2, 0) is 10.8 Å². The molecule has 2 heterocycles. The zero-order valence-electron chi connectivity index (χ0n) is 51.6. The fourth-order valence-electron chi connectivity index (χ4n) is 14.9. The Balaban J connectivity index is 1.36. The van der Waals surface area contributed by atoms with Gasteiger partial charge in [0.05, 0.1) is 23.5 Å². The van der Waals surface area contributed by atoms with E-state index in [1.54, 1.807) is 0 Å². The molecule has 2 aliphatic carbocycles. The summed E-state index contributed by atoms with van der Waals surface area (Å²) in [5, 5.41) is 44.5. The fraction of sp³-hybridized carbons (Fsp3) is 0.735. The Bertz CT molecular complexity index is 2450. The lowest BCUT2D eigenvalue weighted by Crippen LogP contribution is -2.34. The van der Waals surface area contributed by atoms with Gasteiger partial charge in [0.1, 0.15) is 33.7 Å². The minimum atomic E-state index is -1.85. The molecule has 2 aliphatic rings. The van der Waals surface area contributed by atoms with Crippen molar-refractivity contribution in [1.29, 1.82) is 0 Å². The van der Waals surface area contributed by atoms with Crippen molar-refractivity contribution in [3.63, 3.8) is 0 Å². The van der Waals surface area contributed by atoms with Crippen molar-refractivity contribution in [2.24, 2.45) is 0 Å². The van der Waals surface area contributed by atoms with Gasteiger partial charge in [-0.3, -0.25) is 0 Å². The lowest BCUT2D eigenvalue weighted by atomic mass is 9.67. The van der Waals surface area contributed by atoms with Crippen LogP contribution < -0.4 is 10.9 Å². The van der Waals surface area contributed by atoms with Gasteiger partial charge in [0.2, 0.25) is 0 Å². The summed E-state index contributed by atoms with van der Waals surface area (Å²) in [6.45, 7) is 9.02. The second kappa shape index (κ2) is 35.1. The molecule has 0 amide bonds. The molecule has 0 saturated heterocycles. The third kappa shape index (κ3) is 16.4. The molecular formula is C68H106B2F2N4O4S2. The SMILES string of the molecule is CCCCCCCCCCCCC1(CCCCCCCCCCCC)c2cc(B(O)O)c3nsnc3c2-c2c(F)c3c(c(F)c21)-c1c(cc(B(O)O)c2nsnc12)C3(CCCCCCCCCCCC)CCCCCCCCCCCC. The first-order chi connectivity index (χ1) is 40.1. The molecule has 0 fully saturated rings. The Kier molecular flexibility index (Phi) is 28.5. The van der Waals surface area contributed by atoms with Crippen LogP contribution in [0.5, 0.6) is 0 Å². The van der Waals surface area contributed by atoms with Crippen LogP contribution in [0.25, 0.3) is 44.3 Å². The predicted octanol–water partition coefficient (Wildman–Crippen LogP) is 19.1. The molecule has 0 bridgehead atoms. The van der Waals surface area contributed by atoms with Gasteiger partial charge in [-0.1, -0.05) is 297 Å². The first-order valence-corrected chi connectivity index (χ1v) is 35.5. The predicted molar refractivity (Wildman–Crippen MR) is 346 cm³/mol. The summed E-state index contributed by atoms with van der Waals surface area (Å²) in [6.07, 6.45) is 48.3. The molecule has 0 aliphatic heterocycles. The highest BCUT2D eigenvalue weighted by Gasteiger charge is 2.55. The van der Waals surface area contributed by atoms with Crippen LogP contribution in [0.4, 0.5) is 8.78 Å². The second-order valence-corrected chi connectivity index (χ2v) is 26.5. The summed E-state index contributed by atoms with van der Waals surface area (Å²) >= 11 is 1.95. The molecule has 2 aromatic heterocycles. The van der Waals surface area contributed by atoms with Crippen LogP contribution in [0.2, 0.25) is 0 Å². The number of aromatic nitrogens is 4. The van der Waals surface area contributed by atoms with Crippen LogP contribution in [0.3, 0.4) is 0 Å². The number of benzene rings is 3. The lowest BCUT2D eigenvalue weighted by Gasteiger charge is -2.35. The summed E-state index contributed by atoms with van der Waals surface area (Å²) in [6, 6.07) is 3.68. The minimum absolute atomic E-state index is 0.228. The van der Waals surface area contributed by atoms with Crippen molar-refractivity contribution in [2.45, 2.75) is 321 Å². The van der Waals surface area contributed by atoms with Gasteiger partial charge in [-0.15, -0.1) is 0 Å². The minimum Gasteiger partial charge on any atom is -0.423 e. The number of hydrogen-bond acceptors (Lipinski definition) is 10. The summed E-state index contributed by atoms with van der Waals surface area (Å²) in [7, 11) is -3.70. The van der Waals surface area contributed by atoms with E-state index in [1.165, 1.54) is 154 Å². The van der Waals surface area contributed by atoms with Crippen LogP contribution >= 0.6 is 23.5 Å². The van der Waals surface area contributed by atoms with Gasteiger partial charge in [0.15, 0.2) is 0 Å². The van der Waals surface area contributed by atoms with Crippen molar-refractivity contribution in [1.82, 2.24) is 17.5 Å². The van der Waals surface area contributed by atoms with Crippen molar-refractivity contribution < 1.29 is 28.9 Å². The summed E-state index contributed by atoms with van der Waals surface area (Å²) < 4.78 is 58.8. The Hall–Kier alpha value is -2.87. The Labute approximate surface area is 503 Å². The van der Waals surface area contributed by atoms with Crippen LogP contribution in [0.1, 0.15) is 332 Å². The third-order valence-corrected chi connectivity index (χ3v) is 20.4. The van der Waals surface area contributed by atoms with Crippen molar-refractivity contribution >= 4 is 70.7 Å². The molecule has 0 spiro atoms. The van der Waals surface area contributed by atoms with E-state index in [9.17, 15) is 20.1 Å². The molecule has 4 N–H and O–H groups in total. The van der Waals surface area contributed by atoms with E-state index < -0.39 is 36.7 Å². The molecule has 5 aromatic rings. The topological polar surface area (TPSA) is 132 Å². The first kappa shape index (κ1) is 66.7. The van der Waals surface area contributed by atoms with E-state index >= 15 is 8.78 Å². The van der Waals surface area contributed by atoms with Gasteiger partial charge in [-0.05, 0) is 36.8 Å². The normalized spacial score (nSPS) is 13.9. The Morgan fingerprint density at radius 1 is 0.329 bits per heavy atom. The van der Waals surface area contributed by atoms with Crippen LogP contribution in [0.15, 0.2) is 12.1 Å². The Morgan fingerprint density at radius 3 is 0.780 bits per heavy atom. The monoisotopic (exact) mass is 1170 g/mol. The molecule has 7 rings (SSSR count). The highest BCUT2D eigenvalue weighted by atomic mass is 32.1. The summed E-state index contributed by atoms with van der Waals surface area (Å²) in [5.74, 6) is -0.852. The number of halogens is 2. The van der Waals surface area contributed by atoms with E-state index in [0.29, 0.717) is 70.0 Å². The van der Waals surface area contributed by atoms with Gasteiger partial charge in [0, 0.05) is 55.1 Å². The molecule has 0 saturated carbocycles. The zero-order valence-corrected chi connectivity index (χ0v) is 53.2. The largest absolute Gasteiger partial charge is 0.490 e. The van der Waals surface area contributed by atoms with E-state index in [2.05, 4.69) is 36.4 Å². The molecule has 454 valence electrons. The van der Waals surface area contributed by atoms with E-state index in [4.69, 9.17) is 8.75 Å². The lowest BCUT2D eigenvalue weighted by molar-refractivity contribution is 0.374. The standard InChI is InChI=1S/C68H106B2F2N4O4S2/c1-5-9-13-17-21-25-29-33-37-41-45-67(46-42-38-34-30-26-22-18-14-10-6-2)51-49-53(69(77)78)63-65(75-81-73-63)55(51)57-59(67)61(71)58-56-52(50-54(70(79)80)64-66(56)76-82-74-64)68(60(58)62(57)72,47-43-39-35-31-27-23-19-15-11-7-3)48-44-40-36-32-28-24-20-16-12-8-4/h49-50,77-80H,5-48H2,1-4H3. The molecule has 0 unspecified atom stereocenters. The molecule has 82 heavy (non-hydrogen) atoms. The van der Waals surface area contributed by atoms with Crippen LogP contribution in [0, 0.1) is 11.6 Å². The summed E-state index contributed by atoms with van der Waals surface area (Å²) in [4.78, 5) is 0. The fourth-order valence-corrected chi connectivity index (χ4v) is 16.0. The van der Waals surface area contributed by atoms with Gasteiger partial charge < -0.3 is 20.1 Å². The maximum absolute atomic E-state index is 19.9. The Morgan fingerprint density at radius 2 is 0.549 bits per heavy atom. The number of hydrogen-bond donors (Lipinski definition) is 4. The quantitative estimate of drug-likeness (QED) is 0.0224. The second-order valence-electron chi connectivity index (χ2n) is 25.5. The van der Waals surface area contributed by atoms with Crippen molar-refractivity contribution in [3.8, 4) is 22.3 Å². The van der Waals surface area contributed by atoms with Gasteiger partial charge in [-0.2, -0.15) is 17.5 Å². The molecular weight excluding hydrogens is 1060 g/mol. The smallest absolute Gasteiger partial charge is 0.423 e. The number of unbranched alkanes of at least 4 members (excludes halogenated alkanes) is 36. The highest BCUT2D eigenvalue weighted by Crippen LogP contribution is 2.64. The van der Waals surface area contributed by atoms with E-state index in [0.717, 1.165) is 137 Å². The molecule has 14 heteroatoms. The number of rotatable bonds is 46. The number of nitrogens with zero attached hydrogens (tertiary/aromatic N) is 4.